The Morgan fingerprint density at radius 3 is 2.55 bits per heavy atom. The van der Waals surface area contributed by atoms with Crippen LogP contribution in [0.15, 0.2) is 47.5 Å². The third-order valence-corrected chi connectivity index (χ3v) is 4.85. The first-order chi connectivity index (χ1) is 14.8. The number of aliphatic imine (C=N–C) groups is 1. The number of hydrogen-bond donors (Lipinski definition) is 4. The number of rotatable bonds is 6. The summed E-state index contributed by atoms with van der Waals surface area (Å²) in [4.78, 5) is 17.1. The van der Waals surface area contributed by atoms with Crippen molar-refractivity contribution in [2.75, 3.05) is 13.7 Å². The molecule has 2 aromatic carbocycles. The quantitative estimate of drug-likeness (QED) is 0.401. The van der Waals surface area contributed by atoms with Gasteiger partial charge in [-0.05, 0) is 48.9 Å². The molecule has 1 aliphatic heterocycles. The van der Waals surface area contributed by atoms with Crippen LogP contribution in [0.1, 0.15) is 35.3 Å². The predicted octanol–water partition coefficient (Wildman–Crippen LogP) is 2.89. The molecule has 1 fully saturated rings. The van der Waals surface area contributed by atoms with Gasteiger partial charge in [-0.1, -0.05) is 11.6 Å². The van der Waals surface area contributed by atoms with Gasteiger partial charge in [-0.25, -0.2) is 24.6 Å². The molecule has 166 valence electrons. The van der Waals surface area contributed by atoms with Crippen LogP contribution in [-0.4, -0.2) is 37.8 Å². The minimum atomic E-state index is -0.644. The zero-order valence-corrected chi connectivity index (χ0v) is 17.8. The molecule has 0 saturated carbocycles. The maximum absolute atomic E-state index is 13.5. The molecule has 0 spiro atoms. The van der Waals surface area contributed by atoms with Crippen molar-refractivity contribution < 1.29 is 18.3 Å². The fourth-order valence-corrected chi connectivity index (χ4v) is 3.31. The van der Waals surface area contributed by atoms with Crippen LogP contribution in [-0.2, 0) is 4.74 Å². The van der Waals surface area contributed by atoms with Gasteiger partial charge >= 0.3 is 0 Å². The summed E-state index contributed by atoms with van der Waals surface area (Å²) in [5.41, 5.74) is 6.85. The monoisotopic (exact) mass is 451 g/mol. The number of carbonyl (C=O) groups excluding carboxylic acids is 1. The number of hydrazine groups is 1. The fourth-order valence-electron chi connectivity index (χ4n) is 3.19. The smallest absolute Gasteiger partial charge is 0.257 e. The van der Waals surface area contributed by atoms with E-state index in [-0.39, 0.29) is 24.0 Å². The van der Waals surface area contributed by atoms with Crippen LogP contribution in [0.2, 0.25) is 5.02 Å². The Morgan fingerprint density at radius 1 is 1.23 bits per heavy atom. The van der Waals surface area contributed by atoms with E-state index in [2.05, 4.69) is 26.5 Å². The van der Waals surface area contributed by atoms with Gasteiger partial charge in [0.15, 0.2) is 5.96 Å². The first-order valence-electron chi connectivity index (χ1n) is 9.71. The minimum Gasteiger partial charge on any atom is -0.383 e. The Morgan fingerprint density at radius 2 is 1.90 bits per heavy atom. The third kappa shape index (κ3) is 6.70. The number of nitrogens with one attached hydrogen (secondary N) is 4. The lowest BCUT2D eigenvalue weighted by atomic mass is 10.0. The molecule has 0 aliphatic carbocycles. The molecule has 3 rings (SSSR count). The van der Waals surface area contributed by atoms with Gasteiger partial charge in [0.05, 0.1) is 6.61 Å². The summed E-state index contributed by atoms with van der Waals surface area (Å²) in [6.07, 6.45) is -0.0251. The van der Waals surface area contributed by atoms with Crippen LogP contribution in [0, 0.1) is 11.6 Å². The number of carbonyl (C=O) groups is 1. The van der Waals surface area contributed by atoms with Crippen molar-refractivity contribution in [3.63, 3.8) is 0 Å². The van der Waals surface area contributed by atoms with Gasteiger partial charge in [0, 0.05) is 42.3 Å². The molecule has 1 amide bonds. The van der Waals surface area contributed by atoms with Crippen LogP contribution in [0.3, 0.4) is 0 Å². The SMILES string of the molecule is COC[C@H](C)NC(=NC1CC(c2cc(F)cc(F)c2)NN1)NC(=O)c1ccc(Cl)cc1. The maximum atomic E-state index is 13.5. The van der Waals surface area contributed by atoms with Crippen molar-refractivity contribution >= 4 is 23.5 Å². The first-order valence-corrected chi connectivity index (χ1v) is 10.1. The van der Waals surface area contributed by atoms with Crippen molar-refractivity contribution in [2.24, 2.45) is 4.99 Å². The Kier molecular flexibility index (Phi) is 7.91. The molecule has 10 heteroatoms. The second-order valence-corrected chi connectivity index (χ2v) is 7.67. The van der Waals surface area contributed by atoms with E-state index >= 15 is 0 Å². The lowest BCUT2D eigenvalue weighted by Crippen LogP contribution is -2.47. The van der Waals surface area contributed by atoms with Gasteiger partial charge in [0.2, 0.25) is 0 Å². The Hall–Kier alpha value is -2.59. The molecule has 7 nitrogen and oxygen atoms in total. The summed E-state index contributed by atoms with van der Waals surface area (Å²) in [5, 5.41) is 6.39. The zero-order chi connectivity index (χ0) is 22.4. The van der Waals surface area contributed by atoms with Gasteiger partial charge in [0.1, 0.15) is 17.8 Å². The highest BCUT2D eigenvalue weighted by atomic mass is 35.5. The molecular weight excluding hydrogens is 428 g/mol. The molecule has 0 radical (unpaired) electrons. The maximum Gasteiger partial charge on any atom is 0.257 e. The second kappa shape index (κ2) is 10.6. The Balaban J connectivity index is 1.73. The average molecular weight is 452 g/mol. The van der Waals surface area contributed by atoms with E-state index < -0.39 is 17.8 Å². The second-order valence-electron chi connectivity index (χ2n) is 7.23. The van der Waals surface area contributed by atoms with E-state index in [1.807, 2.05) is 6.92 Å². The molecular formula is C21H24ClF2N5O2. The topological polar surface area (TPSA) is 86.8 Å². The highest BCUT2D eigenvalue weighted by molar-refractivity contribution is 6.30. The highest BCUT2D eigenvalue weighted by Gasteiger charge is 2.26. The molecule has 31 heavy (non-hydrogen) atoms. The number of benzene rings is 2. The van der Waals surface area contributed by atoms with Crippen molar-refractivity contribution in [1.29, 1.82) is 0 Å². The molecule has 1 heterocycles. The van der Waals surface area contributed by atoms with E-state index in [0.29, 0.717) is 29.2 Å². The van der Waals surface area contributed by atoms with Gasteiger partial charge in [-0.3, -0.25) is 10.1 Å². The zero-order valence-electron chi connectivity index (χ0n) is 17.1. The summed E-state index contributed by atoms with van der Waals surface area (Å²) in [7, 11) is 1.58. The van der Waals surface area contributed by atoms with E-state index in [1.54, 1.807) is 31.4 Å². The first kappa shape index (κ1) is 23.1. The van der Waals surface area contributed by atoms with Crippen LogP contribution in [0.5, 0.6) is 0 Å². The standard InChI is InChI=1S/C21H24ClF2N5O2/c1-12(11-31-2)25-21(27-20(30)13-3-5-15(22)6-4-13)26-19-10-18(28-29-19)14-7-16(23)9-17(24)8-14/h3-9,12,18-19,28-29H,10-11H2,1-2H3,(H2,25,26,27,30)/t12-,18?,19?/m0/s1. The lowest BCUT2D eigenvalue weighted by Gasteiger charge is -2.18. The molecule has 4 N–H and O–H groups in total. The fraction of sp³-hybridized carbons (Fsp3) is 0.333. The summed E-state index contributed by atoms with van der Waals surface area (Å²) in [5.74, 6) is -1.40. The number of hydrogen-bond acceptors (Lipinski definition) is 5. The molecule has 2 unspecified atom stereocenters. The van der Waals surface area contributed by atoms with Crippen molar-refractivity contribution in [2.45, 2.75) is 31.6 Å². The summed E-state index contributed by atoms with van der Waals surface area (Å²) < 4.78 is 32.2. The summed E-state index contributed by atoms with van der Waals surface area (Å²) in [6.45, 7) is 2.28. The predicted molar refractivity (Wildman–Crippen MR) is 115 cm³/mol. The minimum absolute atomic E-state index is 0.128. The number of ether oxygens (including phenoxy) is 1. The van der Waals surface area contributed by atoms with Crippen molar-refractivity contribution in [1.82, 2.24) is 21.5 Å². The molecule has 0 bridgehead atoms. The third-order valence-electron chi connectivity index (χ3n) is 4.59. The number of guanidine groups is 1. The van der Waals surface area contributed by atoms with E-state index in [0.717, 1.165) is 6.07 Å². The highest BCUT2D eigenvalue weighted by Crippen LogP contribution is 2.24. The summed E-state index contributed by atoms with van der Waals surface area (Å²) in [6, 6.07) is 9.37. The lowest BCUT2D eigenvalue weighted by molar-refractivity contribution is 0.0974. The van der Waals surface area contributed by atoms with Crippen LogP contribution in [0.25, 0.3) is 0 Å². The Labute approximate surface area is 184 Å². The number of amides is 1. The van der Waals surface area contributed by atoms with Crippen molar-refractivity contribution in [3.05, 3.63) is 70.2 Å². The van der Waals surface area contributed by atoms with Crippen LogP contribution in [0.4, 0.5) is 8.78 Å². The normalized spacial score (nSPS) is 19.8. The number of halogens is 3. The van der Waals surface area contributed by atoms with Crippen LogP contribution >= 0.6 is 11.6 Å². The molecule has 2 aromatic rings. The molecule has 1 aliphatic rings. The van der Waals surface area contributed by atoms with E-state index in [1.165, 1.54) is 12.1 Å². The largest absolute Gasteiger partial charge is 0.383 e. The number of methoxy groups -OCH3 is 1. The summed E-state index contributed by atoms with van der Waals surface area (Å²) >= 11 is 5.88. The molecule has 1 saturated heterocycles. The molecule has 0 aromatic heterocycles. The molecule has 3 atom stereocenters. The van der Waals surface area contributed by atoms with Gasteiger partial charge in [-0.15, -0.1) is 0 Å². The Bertz CT molecular complexity index is 922. The van der Waals surface area contributed by atoms with Crippen molar-refractivity contribution in [3.8, 4) is 0 Å². The van der Waals surface area contributed by atoms with E-state index in [4.69, 9.17) is 16.3 Å². The van der Waals surface area contributed by atoms with Gasteiger partial charge < -0.3 is 10.1 Å². The van der Waals surface area contributed by atoms with E-state index in [9.17, 15) is 13.6 Å². The number of nitrogens with zero attached hydrogens (tertiary/aromatic N) is 1. The van der Waals surface area contributed by atoms with Crippen LogP contribution < -0.4 is 21.5 Å². The van der Waals surface area contributed by atoms with Gasteiger partial charge in [-0.2, -0.15) is 0 Å². The van der Waals surface area contributed by atoms with Gasteiger partial charge in [0.25, 0.3) is 5.91 Å². The average Bonchev–Trinajstić information content (AvgIpc) is 3.16.